The van der Waals surface area contributed by atoms with Crippen LogP contribution in [0.5, 0.6) is 0 Å². The highest BCUT2D eigenvalue weighted by Crippen LogP contribution is 2.25. The van der Waals surface area contributed by atoms with Crippen LogP contribution in [0, 0.1) is 17.2 Å². The summed E-state index contributed by atoms with van der Waals surface area (Å²) in [4.78, 5) is 35.6. The third-order valence-corrected chi connectivity index (χ3v) is 5.61. The summed E-state index contributed by atoms with van der Waals surface area (Å²) in [5, 5.41) is 14.6. The minimum Gasteiger partial charge on any atom is -0.354 e. The number of nitrogens with zero attached hydrogens (tertiary/aromatic N) is 4. The topological polar surface area (TPSA) is 111 Å². The minimum absolute atomic E-state index is 0.267. The van der Waals surface area contributed by atoms with Crippen molar-refractivity contribution >= 4 is 35.1 Å². The first-order valence-electron chi connectivity index (χ1n) is 9.30. The van der Waals surface area contributed by atoms with E-state index >= 15 is 0 Å². The maximum absolute atomic E-state index is 12.2. The van der Waals surface area contributed by atoms with E-state index in [1.165, 1.54) is 18.0 Å². The largest absolute Gasteiger partial charge is 0.354 e. The average molecular weight is 411 g/mol. The minimum atomic E-state index is -0.665. The van der Waals surface area contributed by atoms with Crippen molar-refractivity contribution < 1.29 is 9.59 Å². The van der Waals surface area contributed by atoms with Crippen LogP contribution in [0.25, 0.3) is 0 Å². The first-order valence-corrected chi connectivity index (χ1v) is 10.5. The van der Waals surface area contributed by atoms with Crippen molar-refractivity contribution in [2.24, 2.45) is 5.92 Å². The van der Waals surface area contributed by atoms with Gasteiger partial charge in [-0.25, -0.2) is 9.97 Å². The summed E-state index contributed by atoms with van der Waals surface area (Å²) in [7, 11) is 0. The smallest absolute Gasteiger partial charge is 0.313 e. The van der Waals surface area contributed by atoms with Gasteiger partial charge in [0, 0.05) is 36.9 Å². The van der Waals surface area contributed by atoms with Crippen molar-refractivity contribution in [3.8, 4) is 6.07 Å². The third kappa shape index (κ3) is 5.23. The van der Waals surface area contributed by atoms with Crippen molar-refractivity contribution in [3.05, 3.63) is 42.4 Å². The fourth-order valence-electron chi connectivity index (χ4n) is 3.23. The molecule has 1 aliphatic heterocycles. The molecule has 150 valence electrons. The van der Waals surface area contributed by atoms with E-state index in [9.17, 15) is 14.9 Å². The Labute approximate surface area is 173 Å². The number of nitrogens with one attached hydrogen (secondary N) is 2. The van der Waals surface area contributed by atoms with Crippen LogP contribution in [0.3, 0.4) is 0 Å². The van der Waals surface area contributed by atoms with E-state index in [4.69, 9.17) is 0 Å². The van der Waals surface area contributed by atoms with Crippen molar-refractivity contribution in [1.29, 1.82) is 5.26 Å². The number of carbonyl (C=O) groups is 2. The number of hydrogen-bond donors (Lipinski definition) is 2. The van der Waals surface area contributed by atoms with Gasteiger partial charge < -0.3 is 15.5 Å². The molecule has 8 nitrogen and oxygen atoms in total. The summed E-state index contributed by atoms with van der Waals surface area (Å²) in [5.74, 6) is -0.431. The monoisotopic (exact) mass is 410 g/mol. The number of hydrogen-bond acceptors (Lipinski definition) is 7. The molecule has 2 heterocycles. The number of rotatable bonds is 5. The number of aromatic nitrogens is 2. The molecule has 2 amide bonds. The summed E-state index contributed by atoms with van der Waals surface area (Å²) in [6.07, 6.45) is 6.67. The van der Waals surface area contributed by atoms with Crippen molar-refractivity contribution in [3.63, 3.8) is 0 Å². The van der Waals surface area contributed by atoms with E-state index in [0.29, 0.717) is 23.7 Å². The second-order valence-corrected chi connectivity index (χ2v) is 7.48. The number of carbonyl (C=O) groups excluding carboxylic acids is 2. The molecule has 2 N–H and O–H groups in total. The lowest BCUT2D eigenvalue weighted by Crippen LogP contribution is -2.42. The van der Waals surface area contributed by atoms with Crippen LogP contribution in [0.2, 0.25) is 0 Å². The molecule has 1 aliphatic rings. The molecular formula is C20H22N6O2S. The predicted molar refractivity (Wildman–Crippen MR) is 112 cm³/mol. The summed E-state index contributed by atoms with van der Waals surface area (Å²) < 4.78 is 0. The fourth-order valence-corrected chi connectivity index (χ4v) is 3.79. The van der Waals surface area contributed by atoms with Crippen LogP contribution < -0.4 is 15.5 Å². The molecular weight excluding hydrogens is 388 g/mol. The van der Waals surface area contributed by atoms with Gasteiger partial charge in [0.05, 0.1) is 5.69 Å². The van der Waals surface area contributed by atoms with Gasteiger partial charge in [0.15, 0.2) is 11.5 Å². The third-order valence-electron chi connectivity index (χ3n) is 4.81. The van der Waals surface area contributed by atoms with Crippen LogP contribution in [-0.4, -0.2) is 47.7 Å². The maximum atomic E-state index is 12.2. The normalized spacial score (nSPS) is 14.1. The van der Waals surface area contributed by atoms with Crippen molar-refractivity contribution in [2.45, 2.75) is 17.7 Å². The first kappa shape index (κ1) is 20.6. The van der Waals surface area contributed by atoms with Crippen LogP contribution in [0.15, 0.2) is 41.6 Å². The SMILES string of the molecule is CSc1ccccc1NC(=O)C(=O)NCC1CCN(c2nccnc2C#N)CC1. The first-order chi connectivity index (χ1) is 14.1. The second kappa shape index (κ2) is 9.89. The zero-order valence-electron chi connectivity index (χ0n) is 16.1. The van der Waals surface area contributed by atoms with Gasteiger partial charge in [-0.3, -0.25) is 9.59 Å². The lowest BCUT2D eigenvalue weighted by Gasteiger charge is -2.32. The van der Waals surface area contributed by atoms with E-state index in [2.05, 4.69) is 26.7 Å². The van der Waals surface area contributed by atoms with Gasteiger partial charge in [0.1, 0.15) is 6.07 Å². The highest BCUT2D eigenvalue weighted by atomic mass is 32.2. The molecule has 1 aromatic carbocycles. The molecule has 9 heteroatoms. The fraction of sp³-hybridized carbons (Fsp3) is 0.350. The summed E-state index contributed by atoms with van der Waals surface area (Å²) in [6.45, 7) is 1.89. The highest BCUT2D eigenvalue weighted by Gasteiger charge is 2.24. The van der Waals surface area contributed by atoms with E-state index < -0.39 is 11.8 Å². The van der Waals surface area contributed by atoms with E-state index in [-0.39, 0.29) is 5.92 Å². The summed E-state index contributed by atoms with van der Waals surface area (Å²) >= 11 is 1.51. The van der Waals surface area contributed by atoms with Gasteiger partial charge >= 0.3 is 11.8 Å². The zero-order valence-corrected chi connectivity index (χ0v) is 16.9. The molecule has 1 saturated heterocycles. The number of para-hydroxylation sites is 1. The van der Waals surface area contributed by atoms with E-state index in [1.54, 1.807) is 12.3 Å². The summed E-state index contributed by atoms with van der Waals surface area (Å²) in [5.41, 5.74) is 0.951. The number of amides is 2. The standard InChI is InChI=1S/C20H22N6O2S/c1-29-17-5-3-2-4-15(17)25-20(28)19(27)24-13-14-6-10-26(11-7-14)18-16(12-21)22-8-9-23-18/h2-5,8-9,14H,6-7,10-11,13H2,1H3,(H,24,27)(H,25,28). The molecule has 0 bridgehead atoms. The lowest BCUT2D eigenvalue weighted by molar-refractivity contribution is -0.136. The number of benzene rings is 1. The Kier molecular flexibility index (Phi) is 7.03. The number of piperidine rings is 1. The van der Waals surface area contributed by atoms with Gasteiger partial charge in [-0.15, -0.1) is 11.8 Å². The Morgan fingerprint density at radius 2 is 1.93 bits per heavy atom. The molecule has 0 saturated carbocycles. The second-order valence-electron chi connectivity index (χ2n) is 6.64. The Hall–Kier alpha value is -3.12. The number of nitriles is 1. The molecule has 2 aromatic rings. The Morgan fingerprint density at radius 1 is 1.21 bits per heavy atom. The molecule has 1 fully saturated rings. The van der Waals surface area contributed by atoms with Crippen LogP contribution >= 0.6 is 11.8 Å². The van der Waals surface area contributed by atoms with E-state index in [0.717, 1.165) is 30.8 Å². The van der Waals surface area contributed by atoms with Crippen molar-refractivity contribution in [1.82, 2.24) is 15.3 Å². The number of thioether (sulfide) groups is 1. The van der Waals surface area contributed by atoms with Crippen LogP contribution in [0.1, 0.15) is 18.5 Å². The van der Waals surface area contributed by atoms with E-state index in [1.807, 2.05) is 29.4 Å². The Bertz CT molecular complexity index is 921. The predicted octanol–water partition coefficient (Wildman–Crippen LogP) is 2.04. The molecule has 0 atom stereocenters. The molecule has 1 aromatic heterocycles. The quantitative estimate of drug-likeness (QED) is 0.573. The molecule has 0 spiro atoms. The molecule has 0 aliphatic carbocycles. The van der Waals surface area contributed by atoms with Crippen LogP contribution in [-0.2, 0) is 9.59 Å². The average Bonchev–Trinajstić information content (AvgIpc) is 2.78. The molecule has 0 unspecified atom stereocenters. The van der Waals surface area contributed by atoms with Gasteiger partial charge in [-0.05, 0) is 37.1 Å². The highest BCUT2D eigenvalue weighted by molar-refractivity contribution is 7.98. The zero-order chi connectivity index (χ0) is 20.6. The molecule has 29 heavy (non-hydrogen) atoms. The summed E-state index contributed by atoms with van der Waals surface area (Å²) in [6, 6.07) is 9.43. The van der Waals surface area contributed by atoms with Crippen LogP contribution in [0.4, 0.5) is 11.5 Å². The molecule has 3 rings (SSSR count). The number of anilines is 2. The Balaban J connectivity index is 1.47. The maximum Gasteiger partial charge on any atom is 0.313 e. The lowest BCUT2D eigenvalue weighted by atomic mass is 9.96. The Morgan fingerprint density at radius 3 is 2.66 bits per heavy atom. The van der Waals surface area contributed by atoms with Gasteiger partial charge in [-0.1, -0.05) is 12.1 Å². The molecule has 0 radical (unpaired) electrons. The van der Waals surface area contributed by atoms with Gasteiger partial charge in [-0.2, -0.15) is 5.26 Å². The van der Waals surface area contributed by atoms with Gasteiger partial charge in [0.25, 0.3) is 0 Å². The van der Waals surface area contributed by atoms with Gasteiger partial charge in [0.2, 0.25) is 0 Å². The van der Waals surface area contributed by atoms with Crippen molar-refractivity contribution in [2.75, 3.05) is 36.1 Å².